The molecule has 0 aliphatic heterocycles. The van der Waals surface area contributed by atoms with E-state index in [1.54, 1.807) is 6.42 Å². The van der Waals surface area contributed by atoms with Crippen molar-refractivity contribution in [1.29, 1.82) is 0 Å². The normalized spacial score (nSPS) is 30.0. The van der Waals surface area contributed by atoms with Crippen molar-refractivity contribution in [3.8, 4) is 0 Å². The molecule has 17 heavy (non-hydrogen) atoms. The predicted molar refractivity (Wildman–Crippen MR) is 74.9 cm³/mol. The number of hydrogen-bond acceptors (Lipinski definition) is 1. The van der Waals surface area contributed by atoms with Crippen LogP contribution in [0.15, 0.2) is 0 Å². The number of rotatable bonds is 8. The average Bonchev–Trinajstić information content (AvgIpc) is 3.25. The fraction of sp³-hybridized carbons (Fsp3) is 1.00. The van der Waals surface area contributed by atoms with E-state index in [2.05, 4.69) is 20.8 Å². The van der Waals surface area contributed by atoms with E-state index in [4.69, 9.17) is 5.73 Å². The molecule has 1 heteroatoms. The highest BCUT2D eigenvalue weighted by atomic mass is 14.7. The van der Waals surface area contributed by atoms with E-state index < -0.39 is 0 Å². The maximum atomic E-state index is 5.57. The van der Waals surface area contributed by atoms with E-state index in [0.717, 1.165) is 23.8 Å². The maximum absolute atomic E-state index is 5.57. The van der Waals surface area contributed by atoms with Gasteiger partial charge in [0.2, 0.25) is 0 Å². The summed E-state index contributed by atoms with van der Waals surface area (Å²) in [7, 11) is 0. The molecule has 3 atom stereocenters. The topological polar surface area (TPSA) is 26.0 Å². The molecule has 0 bridgehead atoms. The molecule has 100 valence electrons. The van der Waals surface area contributed by atoms with Crippen LogP contribution in [0.1, 0.15) is 72.1 Å². The Morgan fingerprint density at radius 3 is 2.47 bits per heavy atom. The Balaban J connectivity index is 1.80. The fourth-order valence-corrected chi connectivity index (χ4v) is 3.88. The molecule has 0 aromatic carbocycles. The van der Waals surface area contributed by atoms with Gasteiger partial charge in [0.05, 0.1) is 0 Å². The number of nitrogens with two attached hydrogens (primary N) is 1. The third-order valence-corrected chi connectivity index (χ3v) is 6.11. The Kier molecular flexibility index (Phi) is 3.87. The zero-order valence-electron chi connectivity index (χ0n) is 12.1. The Hall–Kier alpha value is -0.0400. The second-order valence-corrected chi connectivity index (χ2v) is 7.07. The summed E-state index contributed by atoms with van der Waals surface area (Å²) in [6, 6.07) is 0. The summed E-state index contributed by atoms with van der Waals surface area (Å²) < 4.78 is 0. The molecule has 3 unspecified atom stereocenters. The van der Waals surface area contributed by atoms with Crippen LogP contribution in [-0.4, -0.2) is 6.54 Å². The van der Waals surface area contributed by atoms with Crippen molar-refractivity contribution < 1.29 is 0 Å². The van der Waals surface area contributed by atoms with E-state index in [9.17, 15) is 0 Å². The Labute approximate surface area is 108 Å². The second kappa shape index (κ2) is 4.91. The lowest BCUT2D eigenvalue weighted by atomic mass is 9.69. The Morgan fingerprint density at radius 2 is 2.00 bits per heavy atom. The van der Waals surface area contributed by atoms with Crippen LogP contribution in [0.2, 0.25) is 0 Å². The molecular weight excluding hydrogens is 206 g/mol. The summed E-state index contributed by atoms with van der Waals surface area (Å²) in [5.41, 5.74) is 7.03. The van der Waals surface area contributed by atoms with E-state index in [0.29, 0.717) is 5.41 Å². The summed E-state index contributed by atoms with van der Waals surface area (Å²) in [5.74, 6) is 2.01. The first kappa shape index (κ1) is 13.4. The van der Waals surface area contributed by atoms with Crippen LogP contribution < -0.4 is 5.73 Å². The zero-order chi connectivity index (χ0) is 12.5. The predicted octanol–water partition coefficient (Wildman–Crippen LogP) is 4.36. The van der Waals surface area contributed by atoms with Crippen LogP contribution in [0.3, 0.4) is 0 Å². The van der Waals surface area contributed by atoms with Gasteiger partial charge in [-0.2, -0.15) is 0 Å². The molecule has 2 N–H and O–H groups in total. The van der Waals surface area contributed by atoms with Gasteiger partial charge in [-0.3, -0.25) is 0 Å². The fourth-order valence-electron chi connectivity index (χ4n) is 3.88. The van der Waals surface area contributed by atoms with E-state index in [-0.39, 0.29) is 0 Å². The van der Waals surface area contributed by atoms with E-state index in [1.165, 1.54) is 44.9 Å². The highest BCUT2D eigenvalue weighted by Gasteiger charge is 2.65. The summed E-state index contributed by atoms with van der Waals surface area (Å²) in [6.07, 6.45) is 11.3. The van der Waals surface area contributed by atoms with E-state index in [1.807, 2.05) is 0 Å². The lowest BCUT2D eigenvalue weighted by Gasteiger charge is -2.36. The molecule has 2 fully saturated rings. The monoisotopic (exact) mass is 237 g/mol. The van der Waals surface area contributed by atoms with Crippen molar-refractivity contribution in [2.24, 2.45) is 28.4 Å². The first-order chi connectivity index (χ1) is 8.08. The van der Waals surface area contributed by atoms with Gasteiger partial charge in [-0.1, -0.05) is 40.0 Å². The zero-order valence-corrected chi connectivity index (χ0v) is 12.1. The van der Waals surface area contributed by atoms with Gasteiger partial charge in [-0.15, -0.1) is 0 Å². The quantitative estimate of drug-likeness (QED) is 0.624. The Morgan fingerprint density at radius 1 is 1.29 bits per heavy atom. The standard InChI is InChI=1S/C16H31N/c1-4-15(3,8-6-5-7-11-17)13(2)14-12-16(14)9-10-16/h13-14H,4-12,17H2,1-3H3. The van der Waals surface area contributed by atoms with Gasteiger partial charge in [0.25, 0.3) is 0 Å². The molecule has 0 aromatic rings. The maximum Gasteiger partial charge on any atom is -0.00773 e. The van der Waals surface area contributed by atoms with Gasteiger partial charge in [-0.25, -0.2) is 0 Å². The molecule has 0 radical (unpaired) electrons. The lowest BCUT2D eigenvalue weighted by Crippen LogP contribution is -2.27. The minimum atomic E-state index is 0.589. The molecule has 1 spiro atoms. The molecule has 2 rings (SSSR count). The van der Waals surface area contributed by atoms with E-state index >= 15 is 0 Å². The lowest BCUT2D eigenvalue weighted by molar-refractivity contribution is 0.142. The van der Waals surface area contributed by atoms with Crippen molar-refractivity contribution >= 4 is 0 Å². The van der Waals surface area contributed by atoms with Gasteiger partial charge in [-0.05, 0) is 61.3 Å². The molecule has 2 aliphatic carbocycles. The average molecular weight is 237 g/mol. The third kappa shape index (κ3) is 2.70. The van der Waals surface area contributed by atoms with Crippen LogP contribution >= 0.6 is 0 Å². The van der Waals surface area contributed by atoms with Crippen molar-refractivity contribution in [3.63, 3.8) is 0 Å². The van der Waals surface area contributed by atoms with Crippen molar-refractivity contribution in [2.75, 3.05) is 6.54 Å². The van der Waals surface area contributed by atoms with Gasteiger partial charge < -0.3 is 5.73 Å². The SMILES string of the molecule is CCC(C)(CCCCCN)C(C)C1CC12CC2. The van der Waals surface area contributed by atoms with Crippen LogP contribution in [0.4, 0.5) is 0 Å². The minimum Gasteiger partial charge on any atom is -0.330 e. The first-order valence-electron chi connectivity index (χ1n) is 7.78. The van der Waals surface area contributed by atoms with Gasteiger partial charge >= 0.3 is 0 Å². The molecule has 1 nitrogen and oxygen atoms in total. The molecule has 0 aromatic heterocycles. The molecule has 2 aliphatic rings. The summed E-state index contributed by atoms with van der Waals surface area (Å²) >= 11 is 0. The number of hydrogen-bond donors (Lipinski definition) is 1. The van der Waals surface area contributed by atoms with Crippen LogP contribution in [-0.2, 0) is 0 Å². The van der Waals surface area contributed by atoms with Gasteiger partial charge in [0.1, 0.15) is 0 Å². The smallest absolute Gasteiger partial charge is 0.00773 e. The highest BCUT2D eigenvalue weighted by Crippen LogP contribution is 2.74. The summed E-state index contributed by atoms with van der Waals surface area (Å²) in [4.78, 5) is 0. The highest BCUT2D eigenvalue weighted by molar-refractivity contribution is 5.15. The van der Waals surface area contributed by atoms with Crippen molar-refractivity contribution in [1.82, 2.24) is 0 Å². The van der Waals surface area contributed by atoms with Crippen LogP contribution in [0, 0.1) is 22.7 Å². The third-order valence-electron chi connectivity index (χ3n) is 6.11. The summed E-state index contributed by atoms with van der Waals surface area (Å²) in [5, 5.41) is 0. The molecular formula is C16H31N. The first-order valence-corrected chi connectivity index (χ1v) is 7.78. The Bertz CT molecular complexity index is 256. The summed E-state index contributed by atoms with van der Waals surface area (Å²) in [6.45, 7) is 8.32. The van der Waals surface area contributed by atoms with Crippen LogP contribution in [0.5, 0.6) is 0 Å². The van der Waals surface area contributed by atoms with Gasteiger partial charge in [0, 0.05) is 0 Å². The van der Waals surface area contributed by atoms with Crippen LogP contribution in [0.25, 0.3) is 0 Å². The molecule has 0 saturated heterocycles. The van der Waals surface area contributed by atoms with Gasteiger partial charge in [0.15, 0.2) is 0 Å². The van der Waals surface area contributed by atoms with Crippen molar-refractivity contribution in [2.45, 2.75) is 72.1 Å². The van der Waals surface area contributed by atoms with Crippen molar-refractivity contribution in [3.05, 3.63) is 0 Å². The largest absolute Gasteiger partial charge is 0.330 e. The molecule has 0 amide bonds. The molecule has 0 heterocycles. The number of unbranched alkanes of at least 4 members (excludes halogenated alkanes) is 2. The minimum absolute atomic E-state index is 0.589. The second-order valence-electron chi connectivity index (χ2n) is 7.07. The molecule has 2 saturated carbocycles.